The molecule has 3 aliphatic rings. The number of hydrogen-bond donors (Lipinski definition) is 2. The van der Waals surface area contributed by atoms with Gasteiger partial charge in [0.05, 0.1) is 25.4 Å². The number of carbonyl (C=O) groups is 2. The zero-order chi connectivity index (χ0) is 26.7. The van der Waals surface area contributed by atoms with Crippen molar-refractivity contribution in [1.82, 2.24) is 0 Å². The topological polar surface area (TPSA) is 201 Å². The average Bonchev–Trinajstić information content (AvgIpc) is 3.19. The number of esters is 2. The summed E-state index contributed by atoms with van der Waals surface area (Å²) in [6.07, 6.45) is -9.62. The number of phosphoric acid groups is 2. The molecule has 208 valence electrons. The van der Waals surface area contributed by atoms with Crippen molar-refractivity contribution in [2.24, 2.45) is 0 Å². The van der Waals surface area contributed by atoms with E-state index >= 15 is 0 Å². The zero-order valence-electron chi connectivity index (χ0n) is 20.0. The van der Waals surface area contributed by atoms with E-state index in [1.54, 1.807) is 0 Å². The molecule has 3 fully saturated rings. The van der Waals surface area contributed by atoms with Gasteiger partial charge in [0.15, 0.2) is 0 Å². The van der Waals surface area contributed by atoms with Crippen LogP contribution in [0.3, 0.4) is 0 Å². The number of hydrogen-bond acceptors (Lipinski definition) is 16. The Labute approximate surface area is 206 Å². The number of aliphatic hydroxyl groups is 2. The van der Waals surface area contributed by atoms with Crippen molar-refractivity contribution in [1.29, 1.82) is 0 Å². The fourth-order valence-electron chi connectivity index (χ4n) is 3.59. The molecule has 16 nitrogen and oxygen atoms in total. The lowest BCUT2D eigenvalue weighted by Gasteiger charge is -2.27. The van der Waals surface area contributed by atoms with Crippen molar-refractivity contribution in [2.45, 2.75) is 76.5 Å². The summed E-state index contributed by atoms with van der Waals surface area (Å²) in [5.74, 6) is -1.44. The van der Waals surface area contributed by atoms with Crippen LogP contribution in [0.15, 0.2) is 0 Å². The first-order chi connectivity index (χ1) is 16.8. The largest absolute Gasteiger partial charge is 0.478 e. The Morgan fingerprint density at radius 2 is 1.14 bits per heavy atom. The Morgan fingerprint density at radius 3 is 1.47 bits per heavy atom. The second kappa shape index (κ2) is 12.2. The molecule has 0 spiro atoms. The molecule has 2 N–H and O–H groups in total. The molecule has 0 aromatic heterocycles. The lowest BCUT2D eigenvalue weighted by atomic mass is 10.1. The smallest absolute Gasteiger partial charge is 0.438 e. The van der Waals surface area contributed by atoms with Crippen LogP contribution >= 0.6 is 15.6 Å². The highest BCUT2D eigenvalue weighted by Gasteiger charge is 2.52. The number of ether oxygens (including phenoxy) is 4. The summed E-state index contributed by atoms with van der Waals surface area (Å²) in [7, 11) is -9.03. The van der Waals surface area contributed by atoms with Crippen LogP contribution in [0, 0.1) is 0 Å². The molecule has 3 saturated heterocycles. The molecule has 10 atom stereocenters. The molecule has 0 amide bonds. The van der Waals surface area contributed by atoms with Gasteiger partial charge in [0.25, 0.3) is 0 Å². The summed E-state index contributed by atoms with van der Waals surface area (Å²) in [5.41, 5.74) is 0. The number of aliphatic hydroxyl groups excluding tert-OH is 2. The Bertz CT molecular complexity index is 813. The minimum Gasteiger partial charge on any atom is -0.438 e. The van der Waals surface area contributed by atoms with E-state index in [9.17, 15) is 28.9 Å². The fourth-order valence-corrected chi connectivity index (χ4v) is 6.19. The molecule has 36 heavy (non-hydrogen) atoms. The van der Waals surface area contributed by atoms with Gasteiger partial charge in [-0.2, -0.15) is 0 Å². The number of rotatable bonds is 6. The quantitative estimate of drug-likeness (QED) is 0.255. The van der Waals surface area contributed by atoms with E-state index in [1.165, 1.54) is 13.8 Å². The maximum atomic E-state index is 13.3. The average molecular weight is 564 g/mol. The van der Waals surface area contributed by atoms with Gasteiger partial charge >= 0.3 is 27.6 Å². The van der Waals surface area contributed by atoms with Crippen LogP contribution in [0.5, 0.6) is 0 Å². The molecular formula is C18H30O16P2. The highest BCUT2D eigenvalue weighted by atomic mass is 31.2. The van der Waals surface area contributed by atoms with Crippen molar-refractivity contribution in [3.05, 3.63) is 0 Å². The van der Waals surface area contributed by atoms with Gasteiger partial charge in [-0.15, -0.1) is 0 Å². The molecular weight excluding hydrogens is 534 g/mol. The van der Waals surface area contributed by atoms with Crippen molar-refractivity contribution >= 4 is 27.6 Å². The van der Waals surface area contributed by atoms with Gasteiger partial charge in [0.2, 0.25) is 13.6 Å². The third-order valence-electron chi connectivity index (χ3n) is 5.38. The van der Waals surface area contributed by atoms with Crippen LogP contribution in [0.1, 0.15) is 27.7 Å². The highest BCUT2D eigenvalue weighted by molar-refractivity contribution is 7.48. The molecule has 3 heterocycles. The van der Waals surface area contributed by atoms with Crippen LogP contribution < -0.4 is 0 Å². The molecule has 0 aromatic carbocycles. The van der Waals surface area contributed by atoms with Crippen molar-refractivity contribution in [3.63, 3.8) is 0 Å². The summed E-state index contributed by atoms with van der Waals surface area (Å²) in [6, 6.07) is 0. The fraction of sp³-hybridized carbons (Fsp3) is 0.889. The summed E-state index contributed by atoms with van der Waals surface area (Å²) in [4.78, 5) is 22.1. The van der Waals surface area contributed by atoms with Crippen molar-refractivity contribution in [3.8, 4) is 0 Å². The van der Waals surface area contributed by atoms with Gasteiger partial charge in [-0.05, 0) is 13.8 Å². The Kier molecular flexibility index (Phi) is 10.0. The first-order valence-corrected chi connectivity index (χ1v) is 13.8. The number of fused-ring (bicyclic) bond motifs is 4. The number of carbonyl (C=O) groups excluding carboxylic acids is 2. The molecule has 18 heteroatoms. The lowest BCUT2D eigenvalue weighted by molar-refractivity contribution is -0.150. The van der Waals surface area contributed by atoms with Crippen LogP contribution in [-0.2, 0) is 64.8 Å². The van der Waals surface area contributed by atoms with E-state index in [0.29, 0.717) is 0 Å². The third-order valence-corrected chi connectivity index (χ3v) is 8.16. The minimum atomic E-state index is -4.51. The molecule has 0 saturated carbocycles. The first kappa shape index (κ1) is 29.6. The van der Waals surface area contributed by atoms with E-state index in [1.807, 2.05) is 0 Å². The van der Waals surface area contributed by atoms with E-state index in [-0.39, 0.29) is 0 Å². The van der Waals surface area contributed by atoms with E-state index in [0.717, 1.165) is 13.8 Å². The minimum absolute atomic E-state index is 0.566. The summed E-state index contributed by atoms with van der Waals surface area (Å²) >= 11 is 0. The first-order valence-electron chi connectivity index (χ1n) is 10.9. The standard InChI is InChI=1S/C18H30O16P2/c1-9-17-15(21)13(31-9)5-27-36(24,30-8-26-12(4)20)34-18-10(2)32-14(16(18)22)6-28-35(23,33-17)29-7-25-11(3)19/h9-10,13-18,21-22H,5-8H2,1-4H3. The predicted octanol–water partition coefficient (Wildman–Crippen LogP) is 0.391. The monoisotopic (exact) mass is 564 g/mol. The van der Waals surface area contributed by atoms with Gasteiger partial charge in [-0.25, -0.2) is 18.2 Å². The summed E-state index contributed by atoms with van der Waals surface area (Å²) in [5, 5.41) is 21.4. The molecule has 0 aliphatic carbocycles. The Hall–Kier alpha value is -1.00. The van der Waals surface area contributed by atoms with Gasteiger partial charge < -0.3 is 29.2 Å². The van der Waals surface area contributed by atoms with E-state index in [2.05, 4.69) is 9.47 Å². The molecule has 10 unspecified atom stereocenters. The highest BCUT2D eigenvalue weighted by Crippen LogP contribution is 2.56. The lowest BCUT2D eigenvalue weighted by Crippen LogP contribution is -2.38. The Balaban J connectivity index is 1.85. The van der Waals surface area contributed by atoms with Crippen molar-refractivity contribution in [2.75, 3.05) is 26.8 Å². The van der Waals surface area contributed by atoms with Crippen LogP contribution in [0.25, 0.3) is 0 Å². The Morgan fingerprint density at radius 1 is 0.778 bits per heavy atom. The second-order valence-corrected chi connectivity index (χ2v) is 11.4. The summed E-state index contributed by atoms with van der Waals surface area (Å²) in [6.45, 7) is 2.50. The molecule has 3 aliphatic heterocycles. The molecule has 0 aromatic rings. The van der Waals surface area contributed by atoms with Crippen molar-refractivity contribution < 1.29 is 75.0 Å². The second-order valence-electron chi connectivity index (χ2n) is 8.13. The molecule has 3 rings (SSSR count). The van der Waals surface area contributed by atoms with Crippen LogP contribution in [0.4, 0.5) is 0 Å². The van der Waals surface area contributed by atoms with Gasteiger partial charge in [-0.3, -0.25) is 27.7 Å². The predicted molar refractivity (Wildman–Crippen MR) is 113 cm³/mol. The summed E-state index contributed by atoms with van der Waals surface area (Å²) < 4.78 is 78.7. The van der Waals surface area contributed by atoms with E-state index in [4.69, 9.17) is 36.6 Å². The third kappa shape index (κ3) is 7.53. The molecule has 4 bridgehead atoms. The van der Waals surface area contributed by atoms with E-state index < -0.39 is 103 Å². The maximum absolute atomic E-state index is 13.3. The number of phosphoric ester groups is 2. The van der Waals surface area contributed by atoms with Gasteiger partial charge in [-0.1, -0.05) is 0 Å². The normalized spacial score (nSPS) is 43.5. The maximum Gasteiger partial charge on any atom is 0.478 e. The van der Waals surface area contributed by atoms with Crippen LogP contribution in [0.2, 0.25) is 0 Å². The van der Waals surface area contributed by atoms with Crippen LogP contribution in [-0.4, -0.2) is 97.8 Å². The SMILES string of the molecule is CC(=O)OCOP1(=O)OCC2OC(C)C(OP(=O)(OCOC(C)=O)OCC3OC(C)C(O1)C3O)C2O. The van der Waals surface area contributed by atoms with Gasteiger partial charge in [0.1, 0.15) is 36.6 Å². The zero-order valence-corrected chi connectivity index (χ0v) is 21.7. The van der Waals surface area contributed by atoms with Gasteiger partial charge in [0, 0.05) is 13.8 Å². The molecule has 0 radical (unpaired) electrons.